The highest BCUT2D eigenvalue weighted by Crippen LogP contribution is 2.36. The number of carbonyl (C=O) groups excluding carboxylic acids is 1. The number of aliphatic hydroxyl groups is 2. The first-order valence-electron chi connectivity index (χ1n) is 7.62. The van der Waals surface area contributed by atoms with E-state index >= 15 is 0 Å². The Kier molecular flexibility index (Phi) is 5.20. The molecule has 1 unspecified atom stereocenters. The maximum Gasteiger partial charge on any atom is 0.353 e. The highest BCUT2D eigenvalue weighted by Gasteiger charge is 2.53. The van der Waals surface area contributed by atoms with Crippen LogP contribution in [0.15, 0.2) is 28.6 Å². The summed E-state index contributed by atoms with van der Waals surface area (Å²) in [5.74, 6) is -2.16. The highest BCUT2D eigenvalue weighted by molar-refractivity contribution is 5.75. The Labute approximate surface area is 148 Å². The van der Waals surface area contributed by atoms with Crippen molar-refractivity contribution in [2.75, 3.05) is 12.3 Å². The van der Waals surface area contributed by atoms with Gasteiger partial charge in [0.25, 0.3) is 0 Å². The van der Waals surface area contributed by atoms with Crippen LogP contribution in [0.25, 0.3) is 0 Å². The number of nitrogen functional groups attached to an aromatic ring is 1. The number of ether oxygens (including phenoxy) is 2. The van der Waals surface area contributed by atoms with Gasteiger partial charge in [-0.3, -0.25) is 4.79 Å². The van der Waals surface area contributed by atoms with E-state index in [0.717, 1.165) is 6.20 Å². The van der Waals surface area contributed by atoms with Crippen molar-refractivity contribution in [3.8, 4) is 6.07 Å². The van der Waals surface area contributed by atoms with Crippen molar-refractivity contribution in [1.82, 2.24) is 9.55 Å². The molecule has 0 amide bonds. The van der Waals surface area contributed by atoms with Crippen LogP contribution in [0, 0.1) is 17.2 Å². The maximum atomic E-state index is 12.0. The van der Waals surface area contributed by atoms with Crippen molar-refractivity contribution in [2.45, 2.75) is 31.7 Å². The van der Waals surface area contributed by atoms with Crippen LogP contribution in [0.1, 0.15) is 13.8 Å². The lowest BCUT2D eigenvalue weighted by molar-refractivity contribution is -0.147. The van der Waals surface area contributed by atoms with Crippen molar-refractivity contribution in [3.63, 3.8) is 0 Å². The summed E-state index contributed by atoms with van der Waals surface area (Å²) in [6, 6.07) is 1.96. The summed E-state index contributed by atoms with van der Waals surface area (Å²) in [6.45, 7) is 2.86. The van der Waals surface area contributed by atoms with Gasteiger partial charge in [0.15, 0.2) is 24.2 Å². The number of nitrogens with zero attached hydrogens (tertiary/aromatic N) is 3. The molecule has 1 aliphatic heterocycles. The summed E-state index contributed by atoms with van der Waals surface area (Å²) in [4.78, 5) is 27.3. The first-order chi connectivity index (χ1) is 12.1. The third-order valence-corrected chi connectivity index (χ3v) is 3.87. The van der Waals surface area contributed by atoms with Crippen LogP contribution in [-0.4, -0.2) is 44.5 Å². The first-order valence-corrected chi connectivity index (χ1v) is 7.62. The van der Waals surface area contributed by atoms with Gasteiger partial charge < -0.3 is 31.2 Å². The number of rotatable bonds is 5. The third kappa shape index (κ3) is 3.19. The molecular formula is C15H19N5O6. The predicted molar refractivity (Wildman–Crippen MR) is 87.0 cm³/mol. The summed E-state index contributed by atoms with van der Waals surface area (Å²) < 4.78 is 10.9. The minimum atomic E-state index is -2.32. The number of aliphatic hydroxyl groups excluding tert-OH is 2. The molecule has 140 valence electrons. The molecule has 26 heavy (non-hydrogen) atoms. The van der Waals surface area contributed by atoms with E-state index < -0.39 is 41.9 Å². The first kappa shape index (κ1) is 19.2. The molecule has 1 aromatic heterocycles. The number of hydrogen-bond donors (Lipinski definition) is 4. The molecule has 3 atom stereocenters. The summed E-state index contributed by atoms with van der Waals surface area (Å²) in [5.41, 5.74) is 7.75. The molecule has 11 nitrogen and oxygen atoms in total. The summed E-state index contributed by atoms with van der Waals surface area (Å²) in [6.07, 6.45) is -0.823. The summed E-state index contributed by atoms with van der Waals surface area (Å²) in [7, 11) is 0. The lowest BCUT2D eigenvalue weighted by atomic mass is 10.1. The normalized spacial score (nSPS) is 23.5. The van der Waals surface area contributed by atoms with E-state index in [9.17, 15) is 25.1 Å². The molecule has 0 aliphatic carbocycles. The van der Waals surface area contributed by atoms with Gasteiger partial charge in [-0.1, -0.05) is 13.8 Å². The van der Waals surface area contributed by atoms with Gasteiger partial charge >= 0.3 is 17.4 Å². The van der Waals surface area contributed by atoms with E-state index in [1.54, 1.807) is 19.9 Å². The van der Waals surface area contributed by atoms with Crippen LogP contribution in [0.5, 0.6) is 0 Å². The summed E-state index contributed by atoms with van der Waals surface area (Å²) >= 11 is 0. The number of nitrogens with two attached hydrogens (primary N) is 2. The number of anilines is 1. The Balaban J connectivity index is 2.27. The van der Waals surface area contributed by atoms with E-state index in [2.05, 4.69) is 4.98 Å². The van der Waals surface area contributed by atoms with Gasteiger partial charge in [0.2, 0.25) is 0 Å². The van der Waals surface area contributed by atoms with Gasteiger partial charge in [0, 0.05) is 6.20 Å². The number of nitriles is 1. The smallest absolute Gasteiger partial charge is 0.353 e. The van der Waals surface area contributed by atoms with Crippen LogP contribution >= 0.6 is 0 Å². The van der Waals surface area contributed by atoms with Gasteiger partial charge in [0.1, 0.15) is 17.9 Å². The van der Waals surface area contributed by atoms with Gasteiger partial charge in [0.05, 0.1) is 0 Å². The fourth-order valence-corrected chi connectivity index (χ4v) is 2.23. The van der Waals surface area contributed by atoms with Crippen molar-refractivity contribution < 1.29 is 24.5 Å². The van der Waals surface area contributed by atoms with Gasteiger partial charge in [-0.05, 0) is 12.0 Å². The Hall–Kier alpha value is -3.10. The zero-order valence-electron chi connectivity index (χ0n) is 14.1. The molecule has 1 aromatic rings. The summed E-state index contributed by atoms with van der Waals surface area (Å²) in [5, 5.41) is 29.8. The molecular weight excluding hydrogens is 346 g/mol. The molecule has 6 N–H and O–H groups in total. The molecule has 11 heteroatoms. The Morgan fingerprint density at radius 3 is 2.81 bits per heavy atom. The largest absolute Gasteiger partial charge is 0.506 e. The topological polar surface area (TPSA) is 187 Å². The second-order valence-corrected chi connectivity index (χ2v) is 6.00. The van der Waals surface area contributed by atoms with Crippen LogP contribution in [0.2, 0.25) is 0 Å². The number of carbonyl (C=O) groups is 1. The standard InChI is InChI=1S/C15H19N5O6/c1-7(2)10(18)13(23)25-5-8-11(21)12(22)15(6-16,26-8)20-4-3-9(17)19-14(20)24/h3-4,7,10,12,21-22H,5,18H2,1-2H3,(H2,17,19,24)/t10-,12?,15-/m1/s1. The van der Waals surface area contributed by atoms with E-state index in [-0.39, 0.29) is 17.5 Å². The zero-order chi connectivity index (χ0) is 19.6. The number of hydrogen-bond acceptors (Lipinski definition) is 10. The molecule has 0 fully saturated rings. The molecule has 2 rings (SSSR count). The second-order valence-electron chi connectivity index (χ2n) is 6.00. The Bertz CT molecular complexity index is 842. The lowest BCUT2D eigenvalue weighted by Crippen LogP contribution is -2.48. The fraction of sp³-hybridized carbons (Fsp3) is 0.467. The van der Waals surface area contributed by atoms with Gasteiger partial charge in [-0.25, -0.2) is 9.36 Å². The SMILES string of the molecule is CC(C)[C@@H](N)C(=O)OCC1=C(O)C(O)[C@](C#N)(n2ccc(N)nc2=O)O1. The fourth-order valence-electron chi connectivity index (χ4n) is 2.23. The predicted octanol–water partition coefficient (Wildman–Crippen LogP) is -1.31. The van der Waals surface area contributed by atoms with Crippen molar-refractivity contribution in [3.05, 3.63) is 34.3 Å². The molecule has 0 spiro atoms. The minimum absolute atomic E-state index is 0.0964. The van der Waals surface area contributed by atoms with E-state index in [4.69, 9.17) is 20.9 Å². The van der Waals surface area contributed by atoms with Gasteiger partial charge in [-0.2, -0.15) is 10.2 Å². The molecule has 0 saturated heterocycles. The molecule has 0 radical (unpaired) electrons. The maximum absolute atomic E-state index is 12.0. The molecule has 0 bridgehead atoms. The Morgan fingerprint density at radius 2 is 2.27 bits per heavy atom. The zero-order valence-corrected chi connectivity index (χ0v) is 14.1. The van der Waals surface area contributed by atoms with E-state index in [0.29, 0.717) is 4.57 Å². The van der Waals surface area contributed by atoms with Crippen molar-refractivity contribution in [1.29, 1.82) is 5.26 Å². The molecule has 2 heterocycles. The highest BCUT2D eigenvalue weighted by atomic mass is 16.6. The number of aromatic nitrogens is 2. The second kappa shape index (κ2) is 7.03. The average Bonchev–Trinajstić information content (AvgIpc) is 2.84. The monoisotopic (exact) mass is 365 g/mol. The minimum Gasteiger partial charge on any atom is -0.506 e. The lowest BCUT2D eigenvalue weighted by Gasteiger charge is -2.26. The number of esters is 1. The van der Waals surface area contributed by atoms with Crippen LogP contribution in [0.4, 0.5) is 5.82 Å². The van der Waals surface area contributed by atoms with E-state index in [1.807, 2.05) is 0 Å². The van der Waals surface area contributed by atoms with E-state index in [1.165, 1.54) is 6.07 Å². The van der Waals surface area contributed by atoms with Crippen LogP contribution < -0.4 is 17.2 Å². The molecule has 1 aliphatic rings. The van der Waals surface area contributed by atoms with Crippen molar-refractivity contribution >= 4 is 11.8 Å². The average molecular weight is 365 g/mol. The van der Waals surface area contributed by atoms with Gasteiger partial charge in [-0.15, -0.1) is 0 Å². The van der Waals surface area contributed by atoms with Crippen LogP contribution in [-0.2, 0) is 20.0 Å². The van der Waals surface area contributed by atoms with Crippen LogP contribution in [0.3, 0.4) is 0 Å². The Morgan fingerprint density at radius 1 is 1.62 bits per heavy atom. The van der Waals surface area contributed by atoms with Crippen molar-refractivity contribution in [2.24, 2.45) is 11.7 Å². The molecule has 0 aromatic carbocycles. The third-order valence-electron chi connectivity index (χ3n) is 3.87. The molecule has 0 saturated carbocycles. The quantitative estimate of drug-likeness (QED) is 0.456.